The van der Waals surface area contributed by atoms with E-state index in [1.54, 1.807) is 7.11 Å². The summed E-state index contributed by atoms with van der Waals surface area (Å²) in [6, 6.07) is 12.7. The zero-order valence-corrected chi connectivity index (χ0v) is 20.1. The van der Waals surface area contributed by atoms with Crippen molar-refractivity contribution in [3.63, 3.8) is 0 Å². The largest absolute Gasteiger partial charge is 0.497 e. The molecule has 0 amide bonds. The number of hydrogen-bond acceptors (Lipinski definition) is 6. The fourth-order valence-electron chi connectivity index (χ4n) is 4.43. The fraction of sp³-hybridized carbons (Fsp3) is 0.423. The van der Waals surface area contributed by atoms with E-state index in [1.807, 2.05) is 29.0 Å². The smallest absolute Gasteiger partial charge is 0.243 e. The SMILES string of the molecule is COc1ccc(Cn2ncc(-c3ccn4nc(NC5CCOCC5)nc4c3)c2CC(C)C)cc1. The number of rotatable bonds is 8. The fourth-order valence-corrected chi connectivity index (χ4v) is 4.43. The summed E-state index contributed by atoms with van der Waals surface area (Å²) in [5.41, 5.74) is 5.50. The first-order chi connectivity index (χ1) is 16.6. The van der Waals surface area contributed by atoms with Crippen LogP contribution in [0, 0.1) is 5.92 Å². The second-order valence-electron chi connectivity index (χ2n) is 9.29. The molecular weight excluding hydrogens is 428 g/mol. The Kier molecular flexibility index (Phi) is 6.49. The summed E-state index contributed by atoms with van der Waals surface area (Å²) in [5, 5.41) is 12.8. The highest BCUT2D eigenvalue weighted by molar-refractivity contribution is 5.69. The van der Waals surface area contributed by atoms with Crippen molar-refractivity contribution in [3.05, 3.63) is 60.0 Å². The number of anilines is 1. The lowest BCUT2D eigenvalue weighted by Gasteiger charge is -2.22. The van der Waals surface area contributed by atoms with Crippen LogP contribution in [0.4, 0.5) is 5.95 Å². The second-order valence-corrected chi connectivity index (χ2v) is 9.29. The number of benzene rings is 1. The van der Waals surface area contributed by atoms with E-state index in [-0.39, 0.29) is 0 Å². The van der Waals surface area contributed by atoms with Crippen molar-refractivity contribution in [3.8, 4) is 16.9 Å². The van der Waals surface area contributed by atoms with E-state index in [0.717, 1.165) is 61.5 Å². The topological polar surface area (TPSA) is 78.5 Å². The molecule has 1 saturated heterocycles. The van der Waals surface area contributed by atoms with Gasteiger partial charge in [-0.1, -0.05) is 26.0 Å². The number of fused-ring (bicyclic) bond motifs is 1. The summed E-state index contributed by atoms with van der Waals surface area (Å²) in [7, 11) is 1.69. The minimum Gasteiger partial charge on any atom is -0.497 e. The summed E-state index contributed by atoms with van der Waals surface area (Å²) in [6.45, 7) is 6.77. The van der Waals surface area contributed by atoms with Crippen LogP contribution in [0.25, 0.3) is 16.8 Å². The maximum Gasteiger partial charge on any atom is 0.243 e. The van der Waals surface area contributed by atoms with Gasteiger partial charge in [0.1, 0.15) is 5.75 Å². The first kappa shape index (κ1) is 22.4. The first-order valence-electron chi connectivity index (χ1n) is 12.0. The molecule has 5 rings (SSSR count). The van der Waals surface area contributed by atoms with Gasteiger partial charge >= 0.3 is 0 Å². The maximum absolute atomic E-state index is 5.45. The van der Waals surface area contributed by atoms with Gasteiger partial charge in [-0.2, -0.15) is 10.1 Å². The van der Waals surface area contributed by atoms with E-state index in [2.05, 4.69) is 53.2 Å². The number of hydrogen-bond donors (Lipinski definition) is 1. The number of pyridine rings is 1. The maximum atomic E-state index is 5.45. The Balaban J connectivity index is 1.42. The Morgan fingerprint density at radius 2 is 1.94 bits per heavy atom. The zero-order valence-electron chi connectivity index (χ0n) is 20.1. The van der Waals surface area contributed by atoms with Crippen molar-refractivity contribution in [2.45, 2.75) is 45.7 Å². The van der Waals surface area contributed by atoms with Gasteiger partial charge in [0.05, 0.1) is 19.9 Å². The summed E-state index contributed by atoms with van der Waals surface area (Å²) in [5.74, 6) is 2.04. The molecule has 1 aliphatic rings. The standard InChI is InChI=1S/C26H32N6O2/c1-18(2)14-24-23(16-27-32(24)17-19-4-6-22(33-3)7-5-19)20-8-11-31-25(15-20)29-26(30-31)28-21-9-12-34-13-10-21/h4-8,11,15-16,18,21H,9-10,12-14,17H2,1-3H3,(H,28,30). The molecule has 0 spiro atoms. The van der Waals surface area contributed by atoms with Gasteiger partial charge in [0.15, 0.2) is 5.65 Å². The van der Waals surface area contributed by atoms with Crippen molar-refractivity contribution >= 4 is 11.6 Å². The van der Waals surface area contributed by atoms with Crippen molar-refractivity contribution in [1.82, 2.24) is 24.4 Å². The van der Waals surface area contributed by atoms with Crippen LogP contribution in [-0.2, 0) is 17.7 Å². The summed E-state index contributed by atoms with van der Waals surface area (Å²) >= 11 is 0. The van der Waals surface area contributed by atoms with Crippen LogP contribution < -0.4 is 10.1 Å². The van der Waals surface area contributed by atoms with Gasteiger partial charge in [-0.05, 0) is 60.6 Å². The average Bonchev–Trinajstić information content (AvgIpc) is 3.42. The molecule has 4 aromatic rings. The van der Waals surface area contributed by atoms with Gasteiger partial charge in [0, 0.05) is 36.7 Å². The second kappa shape index (κ2) is 9.85. The molecule has 4 heterocycles. The van der Waals surface area contributed by atoms with Crippen LogP contribution in [0.3, 0.4) is 0 Å². The average molecular weight is 461 g/mol. The van der Waals surface area contributed by atoms with Gasteiger partial charge in [0.25, 0.3) is 0 Å². The third kappa shape index (κ3) is 4.92. The van der Waals surface area contributed by atoms with Gasteiger partial charge in [-0.3, -0.25) is 4.68 Å². The molecule has 1 fully saturated rings. The van der Waals surface area contributed by atoms with Crippen LogP contribution in [0.2, 0.25) is 0 Å². The quantitative estimate of drug-likeness (QED) is 0.419. The first-order valence-corrected chi connectivity index (χ1v) is 12.0. The van der Waals surface area contributed by atoms with E-state index in [1.165, 1.54) is 11.3 Å². The van der Waals surface area contributed by atoms with Crippen LogP contribution in [0.1, 0.15) is 37.9 Å². The third-order valence-electron chi connectivity index (χ3n) is 6.24. The molecule has 0 saturated carbocycles. The summed E-state index contributed by atoms with van der Waals surface area (Å²) in [6.07, 6.45) is 6.86. The molecule has 3 aromatic heterocycles. The van der Waals surface area contributed by atoms with Gasteiger partial charge in [-0.15, -0.1) is 5.10 Å². The molecule has 1 N–H and O–H groups in total. The molecular formula is C26H32N6O2. The summed E-state index contributed by atoms with van der Waals surface area (Å²) in [4.78, 5) is 4.74. The molecule has 8 nitrogen and oxygen atoms in total. The van der Waals surface area contributed by atoms with E-state index >= 15 is 0 Å². The molecule has 0 bridgehead atoms. The lowest BCUT2D eigenvalue weighted by Crippen LogP contribution is -2.28. The third-order valence-corrected chi connectivity index (χ3v) is 6.24. The number of methoxy groups -OCH3 is 1. The predicted octanol–water partition coefficient (Wildman–Crippen LogP) is 4.44. The molecule has 34 heavy (non-hydrogen) atoms. The minimum absolute atomic E-state index is 0.361. The molecule has 178 valence electrons. The molecule has 1 aromatic carbocycles. The Morgan fingerprint density at radius 3 is 2.68 bits per heavy atom. The normalized spacial score (nSPS) is 14.7. The molecule has 8 heteroatoms. The lowest BCUT2D eigenvalue weighted by atomic mass is 10.0. The Hall–Kier alpha value is -3.39. The highest BCUT2D eigenvalue weighted by Gasteiger charge is 2.18. The van der Waals surface area contributed by atoms with Crippen LogP contribution in [0.15, 0.2) is 48.8 Å². The molecule has 1 aliphatic heterocycles. The lowest BCUT2D eigenvalue weighted by molar-refractivity contribution is 0.0903. The van der Waals surface area contributed by atoms with Crippen molar-refractivity contribution in [2.75, 3.05) is 25.6 Å². The van der Waals surface area contributed by atoms with Crippen LogP contribution in [-0.4, -0.2) is 50.7 Å². The monoisotopic (exact) mass is 460 g/mol. The molecule has 0 unspecified atom stereocenters. The van der Waals surface area contributed by atoms with Crippen LogP contribution >= 0.6 is 0 Å². The van der Waals surface area contributed by atoms with E-state index in [9.17, 15) is 0 Å². The van der Waals surface area contributed by atoms with Gasteiger partial charge < -0.3 is 14.8 Å². The van der Waals surface area contributed by atoms with Crippen molar-refractivity contribution < 1.29 is 9.47 Å². The highest BCUT2D eigenvalue weighted by Crippen LogP contribution is 2.28. The van der Waals surface area contributed by atoms with Crippen molar-refractivity contribution in [1.29, 1.82) is 0 Å². The number of aromatic nitrogens is 5. The molecule has 0 radical (unpaired) electrons. The predicted molar refractivity (Wildman–Crippen MR) is 132 cm³/mol. The molecule has 0 aliphatic carbocycles. The Bertz CT molecular complexity index is 1240. The van der Waals surface area contributed by atoms with Gasteiger partial charge in [0.2, 0.25) is 5.95 Å². The number of nitrogens with one attached hydrogen (secondary N) is 1. The highest BCUT2D eigenvalue weighted by atomic mass is 16.5. The minimum atomic E-state index is 0.361. The van der Waals surface area contributed by atoms with Crippen LogP contribution in [0.5, 0.6) is 5.75 Å². The molecule has 0 atom stereocenters. The Morgan fingerprint density at radius 1 is 1.15 bits per heavy atom. The number of nitrogens with zero attached hydrogens (tertiary/aromatic N) is 5. The van der Waals surface area contributed by atoms with Crippen molar-refractivity contribution in [2.24, 2.45) is 5.92 Å². The zero-order chi connectivity index (χ0) is 23.5. The summed E-state index contributed by atoms with van der Waals surface area (Å²) < 4.78 is 14.7. The van der Waals surface area contributed by atoms with E-state index in [0.29, 0.717) is 17.9 Å². The Labute approximate surface area is 199 Å². The van der Waals surface area contributed by atoms with E-state index < -0.39 is 0 Å². The van der Waals surface area contributed by atoms with E-state index in [4.69, 9.17) is 19.6 Å². The number of ether oxygens (including phenoxy) is 2. The van der Waals surface area contributed by atoms with Gasteiger partial charge in [-0.25, -0.2) is 4.52 Å².